The van der Waals surface area contributed by atoms with Crippen molar-refractivity contribution in [1.82, 2.24) is 10.2 Å². The van der Waals surface area contributed by atoms with E-state index in [4.69, 9.17) is 16.1 Å². The van der Waals surface area contributed by atoms with Crippen molar-refractivity contribution in [3.63, 3.8) is 0 Å². The lowest BCUT2D eigenvalue weighted by Gasteiger charge is -2.26. The number of hydrogen-bond acceptors (Lipinski definition) is 5. The molecule has 0 unspecified atom stereocenters. The Bertz CT molecular complexity index is 1340. The third-order valence-corrected chi connectivity index (χ3v) is 7.01. The number of amides is 3. The second-order valence-electron chi connectivity index (χ2n) is 10.2. The van der Waals surface area contributed by atoms with Gasteiger partial charge in [0.15, 0.2) is 6.04 Å². The number of carbonyl (C=O) groups excluding carboxylic acids is 2. The molecule has 1 fully saturated rings. The lowest BCUT2D eigenvalue weighted by molar-refractivity contribution is -0.787. The van der Waals surface area contributed by atoms with Gasteiger partial charge in [0.05, 0.1) is 12.0 Å². The smallest absolute Gasteiger partial charge is 0.326 e. The Morgan fingerprint density at radius 2 is 1.73 bits per heavy atom. The molecule has 1 aliphatic carbocycles. The number of carbonyl (C=O) groups is 2. The summed E-state index contributed by atoms with van der Waals surface area (Å²) in [7, 11) is 4.11. The topological polar surface area (TPSA) is 103 Å². The number of alkyl halides is 3. The molecule has 0 radical (unpaired) electrons. The minimum Gasteiger partial charge on any atom is -0.326 e. The van der Waals surface area contributed by atoms with Crippen LogP contribution in [0.4, 0.5) is 35.2 Å². The molecule has 3 aromatic rings. The summed E-state index contributed by atoms with van der Waals surface area (Å²) >= 11 is 6.07. The number of hydrogen-bond donors (Lipinski definition) is 3. The number of urea groups is 1. The highest BCUT2D eigenvalue weighted by Crippen LogP contribution is 2.34. The molecule has 1 aromatic heterocycles. The van der Waals surface area contributed by atoms with Crippen molar-refractivity contribution in [1.29, 1.82) is 0 Å². The maximum absolute atomic E-state index is 13.5. The average molecular weight is 580 g/mol. The Morgan fingerprint density at radius 1 is 1.05 bits per heavy atom. The van der Waals surface area contributed by atoms with Crippen molar-refractivity contribution in [3.05, 3.63) is 64.8 Å². The lowest BCUT2D eigenvalue weighted by atomic mass is 9.86. The molecule has 4 rings (SSSR count). The van der Waals surface area contributed by atoms with E-state index in [0.717, 1.165) is 44.4 Å². The van der Waals surface area contributed by atoms with Crippen molar-refractivity contribution >= 4 is 40.8 Å². The van der Waals surface area contributed by atoms with Gasteiger partial charge in [-0.1, -0.05) is 29.8 Å². The number of rotatable bonds is 8. The van der Waals surface area contributed by atoms with Gasteiger partial charge in [-0.2, -0.15) is 13.2 Å². The Morgan fingerprint density at radius 3 is 2.38 bits per heavy atom. The molecular formula is C27H31ClF3N6O3+. The molecule has 13 heteroatoms. The maximum atomic E-state index is 13.5. The number of nitrogens with zero attached hydrogens (tertiary/aromatic N) is 3. The Labute approximate surface area is 234 Å². The lowest BCUT2D eigenvalue weighted by Crippen LogP contribution is -2.43. The van der Waals surface area contributed by atoms with E-state index in [1.54, 1.807) is 35.1 Å². The van der Waals surface area contributed by atoms with Crippen LogP contribution in [0, 0.1) is 5.92 Å². The molecule has 2 aromatic carbocycles. The zero-order valence-electron chi connectivity index (χ0n) is 22.1. The zero-order valence-corrected chi connectivity index (χ0v) is 22.9. The molecule has 1 heterocycles. The van der Waals surface area contributed by atoms with Crippen LogP contribution in [0.15, 0.2) is 53.2 Å². The fourth-order valence-corrected chi connectivity index (χ4v) is 5.03. The maximum Gasteiger partial charge on any atom is 0.416 e. The van der Waals surface area contributed by atoms with E-state index < -0.39 is 23.7 Å². The number of benzene rings is 2. The first-order valence-electron chi connectivity index (χ1n) is 12.8. The molecule has 214 valence electrons. The fraction of sp³-hybridized carbons (Fsp3) is 0.407. The first-order chi connectivity index (χ1) is 19.0. The molecule has 3 amide bonds. The fourth-order valence-electron chi connectivity index (χ4n) is 4.82. The highest BCUT2D eigenvalue weighted by atomic mass is 35.5. The van der Waals surface area contributed by atoms with Gasteiger partial charge in [0.2, 0.25) is 11.2 Å². The minimum absolute atomic E-state index is 0.0492. The summed E-state index contributed by atoms with van der Waals surface area (Å²) in [6, 6.07) is 8.77. The van der Waals surface area contributed by atoms with Crippen LogP contribution in [0.2, 0.25) is 5.02 Å². The number of aromatic nitrogens is 2. The summed E-state index contributed by atoms with van der Waals surface area (Å²) in [5.41, 5.74) is -0.825. The third kappa shape index (κ3) is 8.18. The Balaban J connectivity index is 1.39. The van der Waals surface area contributed by atoms with E-state index in [0.29, 0.717) is 16.5 Å². The third-order valence-electron chi connectivity index (χ3n) is 6.64. The minimum atomic E-state index is -4.71. The van der Waals surface area contributed by atoms with Gasteiger partial charge in [0.1, 0.15) is 0 Å². The van der Waals surface area contributed by atoms with Crippen LogP contribution >= 0.6 is 11.6 Å². The zero-order chi connectivity index (χ0) is 28.9. The van der Waals surface area contributed by atoms with E-state index in [9.17, 15) is 22.8 Å². The summed E-state index contributed by atoms with van der Waals surface area (Å²) < 4.78 is 47.5. The van der Waals surface area contributed by atoms with Gasteiger partial charge in [0.25, 0.3) is 6.20 Å². The van der Waals surface area contributed by atoms with Gasteiger partial charge in [-0.25, -0.2) is 4.79 Å². The molecule has 0 spiro atoms. The molecule has 0 aliphatic heterocycles. The standard InChI is InChI=1S/C27H30ClF3N6O3/c1-36(2)15-17-7-9-22(10-8-17)37-16-25(40-35-37)34-26(39)33-21-13-19(27(29,30)31)12-20(14-21)32-24(38)11-18-5-3-4-6-23(18)28/h3-6,12-14,16-17,22H,7-11,15H2,1-2H3,(H2-,32,33,34,35,38,39)/p+1. The van der Waals surface area contributed by atoms with Gasteiger partial charge in [-0.15, -0.1) is 0 Å². The molecule has 9 nitrogen and oxygen atoms in total. The first-order valence-corrected chi connectivity index (χ1v) is 13.2. The Hall–Kier alpha value is -3.64. The number of nitrogens with one attached hydrogen (secondary N) is 3. The van der Waals surface area contributed by atoms with Gasteiger partial charge < -0.3 is 15.5 Å². The number of halogens is 4. The van der Waals surface area contributed by atoms with Crippen LogP contribution in [0.1, 0.15) is 42.9 Å². The van der Waals surface area contributed by atoms with Crippen LogP contribution in [0.25, 0.3) is 0 Å². The summed E-state index contributed by atoms with van der Waals surface area (Å²) in [4.78, 5) is 27.2. The number of anilines is 3. The molecule has 1 aliphatic rings. The van der Waals surface area contributed by atoms with Crippen LogP contribution < -0.4 is 20.6 Å². The predicted molar refractivity (Wildman–Crippen MR) is 144 cm³/mol. The van der Waals surface area contributed by atoms with Crippen molar-refractivity contribution in [2.75, 3.05) is 36.6 Å². The molecule has 40 heavy (non-hydrogen) atoms. The molecule has 0 saturated heterocycles. The van der Waals surface area contributed by atoms with E-state index in [1.165, 1.54) is 6.07 Å². The van der Waals surface area contributed by atoms with E-state index in [1.807, 2.05) is 0 Å². The van der Waals surface area contributed by atoms with Gasteiger partial charge in [-0.3, -0.25) is 14.6 Å². The highest BCUT2D eigenvalue weighted by Gasteiger charge is 2.32. The molecule has 1 saturated carbocycles. The summed E-state index contributed by atoms with van der Waals surface area (Å²) in [6.07, 6.45) is 0.675. The first kappa shape index (κ1) is 29.3. The van der Waals surface area contributed by atoms with Crippen LogP contribution in [0.3, 0.4) is 0 Å². The average Bonchev–Trinajstić information content (AvgIpc) is 3.33. The van der Waals surface area contributed by atoms with Crippen molar-refractivity contribution in [2.24, 2.45) is 5.92 Å². The molecule has 3 N–H and O–H groups in total. The van der Waals surface area contributed by atoms with E-state index >= 15 is 0 Å². The van der Waals surface area contributed by atoms with Crippen LogP contribution in [-0.4, -0.2) is 42.7 Å². The van der Waals surface area contributed by atoms with Gasteiger partial charge in [0, 0.05) is 35.8 Å². The van der Waals surface area contributed by atoms with Gasteiger partial charge >= 0.3 is 18.1 Å². The predicted octanol–water partition coefficient (Wildman–Crippen LogP) is 5.75. The van der Waals surface area contributed by atoms with Gasteiger partial charge in [-0.05, 0) is 67.4 Å². The normalized spacial score (nSPS) is 17.5. The highest BCUT2D eigenvalue weighted by molar-refractivity contribution is 6.31. The van der Waals surface area contributed by atoms with E-state index in [2.05, 4.69) is 40.2 Å². The van der Waals surface area contributed by atoms with Crippen LogP contribution in [0.5, 0.6) is 0 Å². The largest absolute Gasteiger partial charge is 0.416 e. The SMILES string of the molecule is CN(C)CC1CCC([n+]2cc(NC(=O)Nc3cc(NC(=O)Cc4ccccc4Cl)cc(C(F)(F)F)c3)on2)CC1. The van der Waals surface area contributed by atoms with Crippen molar-refractivity contribution in [3.8, 4) is 0 Å². The summed E-state index contributed by atoms with van der Waals surface area (Å²) in [6.45, 7) is 1.03. The van der Waals surface area contributed by atoms with Crippen molar-refractivity contribution in [2.45, 2.75) is 44.3 Å². The monoisotopic (exact) mass is 579 g/mol. The summed E-state index contributed by atoms with van der Waals surface area (Å²) in [5.74, 6) is 0.110. The molecular weight excluding hydrogens is 549 g/mol. The van der Waals surface area contributed by atoms with E-state index in [-0.39, 0.29) is 29.7 Å². The van der Waals surface area contributed by atoms with Crippen molar-refractivity contribution < 1.29 is 32.0 Å². The molecule has 0 atom stereocenters. The second-order valence-corrected chi connectivity index (χ2v) is 10.6. The second kappa shape index (κ2) is 12.7. The molecule has 0 bridgehead atoms. The Kier molecular flexibility index (Phi) is 9.31. The van der Waals surface area contributed by atoms with Crippen LogP contribution in [-0.2, 0) is 17.4 Å². The quantitative estimate of drug-likeness (QED) is 0.295. The summed E-state index contributed by atoms with van der Waals surface area (Å²) in [5, 5.41) is 11.6.